The van der Waals surface area contributed by atoms with E-state index in [1.54, 1.807) is 4.90 Å². The standard InChI is InChI=1S/C14H20N4OS/c1-17(2)14(19)10-3-5-18(8-10)13-7-11-9-20-6-4-12(11)15-16-13/h7,10H,3-6,8-9H2,1-2H3. The van der Waals surface area contributed by atoms with Crippen molar-refractivity contribution in [3.8, 4) is 0 Å². The van der Waals surface area contributed by atoms with E-state index in [1.165, 1.54) is 5.56 Å². The predicted molar refractivity (Wildman–Crippen MR) is 80.9 cm³/mol. The average Bonchev–Trinajstić information content (AvgIpc) is 2.95. The van der Waals surface area contributed by atoms with Crippen molar-refractivity contribution < 1.29 is 4.79 Å². The number of rotatable bonds is 2. The van der Waals surface area contributed by atoms with E-state index in [1.807, 2.05) is 25.9 Å². The number of fused-ring (bicyclic) bond motifs is 1. The quantitative estimate of drug-likeness (QED) is 0.819. The number of thioether (sulfide) groups is 1. The Labute approximate surface area is 123 Å². The molecule has 1 saturated heterocycles. The van der Waals surface area contributed by atoms with Gasteiger partial charge in [0.05, 0.1) is 11.6 Å². The van der Waals surface area contributed by atoms with Crippen LogP contribution in [0.4, 0.5) is 5.82 Å². The number of nitrogens with zero attached hydrogens (tertiary/aromatic N) is 4. The highest BCUT2D eigenvalue weighted by atomic mass is 32.2. The maximum atomic E-state index is 12.0. The molecule has 0 saturated carbocycles. The number of aromatic nitrogens is 2. The van der Waals surface area contributed by atoms with Crippen molar-refractivity contribution in [1.82, 2.24) is 15.1 Å². The lowest BCUT2D eigenvalue weighted by molar-refractivity contribution is -0.132. The molecule has 1 aromatic heterocycles. The van der Waals surface area contributed by atoms with Gasteiger partial charge < -0.3 is 9.80 Å². The Morgan fingerprint density at radius 1 is 1.45 bits per heavy atom. The summed E-state index contributed by atoms with van der Waals surface area (Å²) in [7, 11) is 3.64. The van der Waals surface area contributed by atoms with Gasteiger partial charge in [0.2, 0.25) is 5.91 Å². The van der Waals surface area contributed by atoms with Gasteiger partial charge in [0.15, 0.2) is 5.82 Å². The van der Waals surface area contributed by atoms with Gasteiger partial charge in [0, 0.05) is 39.4 Å². The van der Waals surface area contributed by atoms with Crippen LogP contribution in [0.1, 0.15) is 17.7 Å². The molecule has 5 nitrogen and oxygen atoms in total. The molecule has 1 fully saturated rings. The number of hydrogen-bond acceptors (Lipinski definition) is 5. The molecule has 3 heterocycles. The molecule has 0 aromatic carbocycles. The summed E-state index contributed by atoms with van der Waals surface area (Å²) < 4.78 is 0. The first kappa shape index (κ1) is 13.7. The Balaban J connectivity index is 1.73. The number of carbonyl (C=O) groups is 1. The van der Waals surface area contributed by atoms with Crippen LogP contribution < -0.4 is 4.90 Å². The van der Waals surface area contributed by atoms with Crippen LogP contribution in [-0.4, -0.2) is 53.9 Å². The monoisotopic (exact) mass is 292 g/mol. The van der Waals surface area contributed by atoms with Gasteiger partial charge in [-0.25, -0.2) is 0 Å². The lowest BCUT2D eigenvalue weighted by atomic mass is 10.1. The molecule has 2 aliphatic rings. The summed E-state index contributed by atoms with van der Waals surface area (Å²) >= 11 is 1.95. The largest absolute Gasteiger partial charge is 0.354 e. The topological polar surface area (TPSA) is 49.3 Å². The van der Waals surface area contributed by atoms with E-state index >= 15 is 0 Å². The average molecular weight is 292 g/mol. The number of aryl methyl sites for hydroxylation is 1. The van der Waals surface area contributed by atoms with Crippen LogP contribution in [0.5, 0.6) is 0 Å². The van der Waals surface area contributed by atoms with E-state index in [9.17, 15) is 4.79 Å². The maximum Gasteiger partial charge on any atom is 0.227 e. The van der Waals surface area contributed by atoms with Gasteiger partial charge in [0.1, 0.15) is 0 Å². The van der Waals surface area contributed by atoms with E-state index < -0.39 is 0 Å². The maximum absolute atomic E-state index is 12.0. The van der Waals surface area contributed by atoms with E-state index in [2.05, 4.69) is 21.2 Å². The number of hydrogen-bond donors (Lipinski definition) is 0. The fourth-order valence-electron chi connectivity index (χ4n) is 2.82. The van der Waals surface area contributed by atoms with Gasteiger partial charge in [0.25, 0.3) is 0 Å². The van der Waals surface area contributed by atoms with Crippen LogP contribution in [0.25, 0.3) is 0 Å². The van der Waals surface area contributed by atoms with Crippen LogP contribution in [-0.2, 0) is 17.0 Å². The molecule has 1 aromatic rings. The smallest absolute Gasteiger partial charge is 0.227 e. The van der Waals surface area contributed by atoms with E-state index in [0.717, 1.165) is 48.9 Å². The van der Waals surface area contributed by atoms with Gasteiger partial charge in [-0.2, -0.15) is 16.9 Å². The van der Waals surface area contributed by atoms with Crippen molar-refractivity contribution in [2.24, 2.45) is 5.92 Å². The van der Waals surface area contributed by atoms with Crippen LogP contribution in [0.3, 0.4) is 0 Å². The molecule has 20 heavy (non-hydrogen) atoms. The molecule has 0 aliphatic carbocycles. The predicted octanol–water partition coefficient (Wildman–Crippen LogP) is 1.18. The fourth-order valence-corrected chi connectivity index (χ4v) is 3.77. The molecule has 0 bridgehead atoms. The minimum Gasteiger partial charge on any atom is -0.354 e. The number of anilines is 1. The molecule has 1 atom stereocenters. The van der Waals surface area contributed by atoms with Crippen LogP contribution in [0.15, 0.2) is 6.07 Å². The summed E-state index contributed by atoms with van der Waals surface area (Å²) in [6, 6.07) is 2.16. The summed E-state index contributed by atoms with van der Waals surface area (Å²) in [5.74, 6) is 3.42. The molecule has 3 rings (SSSR count). The molecule has 108 valence electrons. The van der Waals surface area contributed by atoms with Crippen molar-refractivity contribution in [3.05, 3.63) is 17.3 Å². The molecule has 1 unspecified atom stereocenters. The fraction of sp³-hybridized carbons (Fsp3) is 0.643. The summed E-state index contributed by atoms with van der Waals surface area (Å²) in [6.45, 7) is 1.66. The number of carbonyl (C=O) groups excluding carboxylic acids is 1. The lowest BCUT2D eigenvalue weighted by Gasteiger charge is -2.21. The van der Waals surface area contributed by atoms with Crippen molar-refractivity contribution >= 4 is 23.5 Å². The van der Waals surface area contributed by atoms with Gasteiger partial charge in [-0.15, -0.1) is 5.10 Å². The molecule has 1 amide bonds. The van der Waals surface area contributed by atoms with Gasteiger partial charge >= 0.3 is 0 Å². The summed E-state index contributed by atoms with van der Waals surface area (Å²) in [5.41, 5.74) is 2.46. The summed E-state index contributed by atoms with van der Waals surface area (Å²) in [6.07, 6.45) is 1.93. The zero-order chi connectivity index (χ0) is 14.1. The molecular weight excluding hydrogens is 272 g/mol. The van der Waals surface area contributed by atoms with Gasteiger partial charge in [-0.05, 0) is 23.8 Å². The highest BCUT2D eigenvalue weighted by Gasteiger charge is 2.30. The van der Waals surface area contributed by atoms with E-state index in [4.69, 9.17) is 0 Å². The summed E-state index contributed by atoms with van der Waals surface area (Å²) in [4.78, 5) is 15.9. The third-order valence-electron chi connectivity index (χ3n) is 3.99. The normalized spacial score (nSPS) is 21.7. The Morgan fingerprint density at radius 2 is 2.30 bits per heavy atom. The molecule has 0 radical (unpaired) electrons. The second-order valence-corrected chi connectivity index (χ2v) is 6.75. The van der Waals surface area contributed by atoms with Crippen molar-refractivity contribution in [3.63, 3.8) is 0 Å². The van der Waals surface area contributed by atoms with E-state index in [-0.39, 0.29) is 11.8 Å². The Kier molecular flexibility index (Phi) is 3.83. The lowest BCUT2D eigenvalue weighted by Crippen LogP contribution is -2.32. The molecule has 2 aliphatic heterocycles. The van der Waals surface area contributed by atoms with E-state index in [0.29, 0.717) is 0 Å². The van der Waals surface area contributed by atoms with Crippen molar-refractivity contribution in [2.45, 2.75) is 18.6 Å². The second-order valence-electron chi connectivity index (χ2n) is 5.64. The number of amides is 1. The zero-order valence-corrected chi connectivity index (χ0v) is 12.8. The van der Waals surface area contributed by atoms with Crippen molar-refractivity contribution in [2.75, 3.05) is 37.8 Å². The third kappa shape index (κ3) is 2.61. The Bertz CT molecular complexity index is 520. The third-order valence-corrected chi connectivity index (χ3v) is 5.00. The first-order valence-electron chi connectivity index (χ1n) is 7.04. The van der Waals surface area contributed by atoms with Gasteiger partial charge in [-0.3, -0.25) is 4.79 Å². The molecule has 0 spiro atoms. The van der Waals surface area contributed by atoms with Crippen molar-refractivity contribution in [1.29, 1.82) is 0 Å². The van der Waals surface area contributed by atoms with Crippen LogP contribution in [0.2, 0.25) is 0 Å². The first-order valence-corrected chi connectivity index (χ1v) is 8.20. The molecular formula is C14H20N4OS. The highest BCUT2D eigenvalue weighted by Crippen LogP contribution is 2.28. The highest BCUT2D eigenvalue weighted by molar-refractivity contribution is 7.98. The van der Waals surface area contributed by atoms with Crippen LogP contribution in [0, 0.1) is 5.92 Å². The van der Waals surface area contributed by atoms with Crippen LogP contribution >= 0.6 is 11.8 Å². The minimum atomic E-state index is 0.0946. The zero-order valence-electron chi connectivity index (χ0n) is 12.0. The SMILES string of the molecule is CN(C)C(=O)C1CCN(c2cc3c(nn2)CCSC3)C1. The Morgan fingerprint density at radius 3 is 3.10 bits per heavy atom. The second kappa shape index (κ2) is 5.60. The molecule has 6 heteroatoms. The summed E-state index contributed by atoms with van der Waals surface area (Å²) in [5, 5.41) is 8.72. The van der Waals surface area contributed by atoms with Gasteiger partial charge in [-0.1, -0.05) is 0 Å². The first-order chi connectivity index (χ1) is 9.65. The Hall–Kier alpha value is -1.30. The molecule has 0 N–H and O–H groups in total. The minimum absolute atomic E-state index is 0.0946.